The van der Waals surface area contributed by atoms with Gasteiger partial charge in [0.05, 0.1) is 6.26 Å². The van der Waals surface area contributed by atoms with E-state index in [1.165, 1.54) is 16.5 Å². The van der Waals surface area contributed by atoms with E-state index in [0.29, 0.717) is 0 Å². The zero-order chi connectivity index (χ0) is 10.3. The molecule has 0 atom stereocenters. The molecule has 0 aliphatic carbocycles. The summed E-state index contributed by atoms with van der Waals surface area (Å²) < 4.78 is 5.41. The first-order chi connectivity index (χ1) is 6.48. The molecule has 0 spiro atoms. The Bertz CT molecular complexity index is 458. The molecule has 0 saturated carbocycles. The highest BCUT2D eigenvalue weighted by Gasteiger charge is 2.17. The Hall–Kier alpha value is -1.24. The molecule has 0 radical (unpaired) electrons. The van der Waals surface area contributed by atoms with Gasteiger partial charge in [-0.2, -0.15) is 0 Å². The van der Waals surface area contributed by atoms with Gasteiger partial charge in [0.2, 0.25) is 0 Å². The van der Waals surface area contributed by atoms with Crippen LogP contribution in [0.5, 0.6) is 0 Å². The van der Waals surface area contributed by atoms with Crippen molar-refractivity contribution in [2.45, 2.75) is 33.1 Å². The molecular weight excluding hydrogens is 172 g/mol. The summed E-state index contributed by atoms with van der Waals surface area (Å²) in [5.74, 6) is 0. The third kappa shape index (κ3) is 1.43. The first-order valence-corrected chi connectivity index (χ1v) is 4.97. The lowest BCUT2D eigenvalue weighted by Gasteiger charge is -2.21. The van der Waals surface area contributed by atoms with Crippen LogP contribution in [0.15, 0.2) is 28.9 Å². The van der Waals surface area contributed by atoms with Crippen LogP contribution in [0.4, 0.5) is 0 Å². The van der Waals surface area contributed by atoms with Crippen LogP contribution in [0.3, 0.4) is 0 Å². The SMILES string of the molecule is Cc1cc2ccoc2cc1C(C)(C)C. The summed E-state index contributed by atoms with van der Waals surface area (Å²) in [5, 5.41) is 1.19. The second-order valence-electron chi connectivity index (χ2n) is 4.88. The van der Waals surface area contributed by atoms with Crippen molar-refractivity contribution in [2.24, 2.45) is 0 Å². The number of rotatable bonds is 0. The normalized spacial score (nSPS) is 12.3. The van der Waals surface area contributed by atoms with E-state index in [1.807, 2.05) is 6.07 Å². The predicted octanol–water partition coefficient (Wildman–Crippen LogP) is 4.04. The molecule has 74 valence electrons. The topological polar surface area (TPSA) is 13.1 Å². The van der Waals surface area contributed by atoms with Gasteiger partial charge in [0.15, 0.2) is 0 Å². The van der Waals surface area contributed by atoms with Crippen molar-refractivity contribution in [2.75, 3.05) is 0 Å². The molecule has 0 unspecified atom stereocenters. The molecule has 1 aromatic carbocycles. The van der Waals surface area contributed by atoms with Crippen molar-refractivity contribution < 1.29 is 4.42 Å². The van der Waals surface area contributed by atoms with E-state index in [4.69, 9.17) is 4.42 Å². The average Bonchev–Trinajstić information content (AvgIpc) is 2.47. The molecule has 1 heteroatoms. The first kappa shape index (κ1) is 9.32. The van der Waals surface area contributed by atoms with Crippen LogP contribution in [-0.2, 0) is 5.41 Å². The molecule has 0 bridgehead atoms. The van der Waals surface area contributed by atoms with Crippen molar-refractivity contribution in [3.8, 4) is 0 Å². The van der Waals surface area contributed by atoms with Gasteiger partial charge < -0.3 is 4.42 Å². The minimum Gasteiger partial charge on any atom is -0.464 e. The average molecular weight is 188 g/mol. The summed E-state index contributed by atoms with van der Waals surface area (Å²) in [6.07, 6.45) is 1.75. The molecule has 0 saturated heterocycles. The maximum atomic E-state index is 5.41. The van der Waals surface area contributed by atoms with Crippen LogP contribution in [0.2, 0.25) is 0 Å². The van der Waals surface area contributed by atoms with Crippen LogP contribution in [0.25, 0.3) is 11.0 Å². The van der Waals surface area contributed by atoms with E-state index >= 15 is 0 Å². The number of fused-ring (bicyclic) bond motifs is 1. The highest BCUT2D eigenvalue weighted by atomic mass is 16.3. The summed E-state index contributed by atoms with van der Waals surface area (Å²) in [5.41, 5.74) is 3.87. The van der Waals surface area contributed by atoms with Crippen molar-refractivity contribution >= 4 is 11.0 Å². The van der Waals surface area contributed by atoms with E-state index in [1.54, 1.807) is 6.26 Å². The van der Waals surface area contributed by atoms with Crippen molar-refractivity contribution in [1.29, 1.82) is 0 Å². The van der Waals surface area contributed by atoms with Crippen LogP contribution in [-0.4, -0.2) is 0 Å². The van der Waals surface area contributed by atoms with E-state index in [9.17, 15) is 0 Å². The van der Waals surface area contributed by atoms with Crippen molar-refractivity contribution in [3.05, 3.63) is 35.6 Å². The Morgan fingerprint density at radius 3 is 2.50 bits per heavy atom. The molecule has 1 nitrogen and oxygen atoms in total. The molecule has 0 fully saturated rings. The summed E-state index contributed by atoms with van der Waals surface area (Å²) in [4.78, 5) is 0. The first-order valence-electron chi connectivity index (χ1n) is 4.97. The number of aryl methyl sites for hydroxylation is 1. The van der Waals surface area contributed by atoms with Gasteiger partial charge in [-0.05, 0) is 41.7 Å². The van der Waals surface area contributed by atoms with Crippen LogP contribution >= 0.6 is 0 Å². The summed E-state index contributed by atoms with van der Waals surface area (Å²) in [7, 11) is 0. The highest BCUT2D eigenvalue weighted by molar-refractivity contribution is 5.79. The van der Waals surface area contributed by atoms with Gasteiger partial charge in [0.1, 0.15) is 5.58 Å². The molecule has 1 heterocycles. The Morgan fingerprint density at radius 2 is 1.86 bits per heavy atom. The van der Waals surface area contributed by atoms with Crippen LogP contribution < -0.4 is 0 Å². The standard InChI is InChI=1S/C13H16O/c1-9-7-10-5-6-14-12(10)8-11(9)13(2,3)4/h5-8H,1-4H3. The largest absolute Gasteiger partial charge is 0.464 e. The molecule has 14 heavy (non-hydrogen) atoms. The van der Waals surface area contributed by atoms with E-state index in [0.717, 1.165) is 5.58 Å². The Labute approximate surface area is 84.7 Å². The highest BCUT2D eigenvalue weighted by Crippen LogP contribution is 2.29. The predicted molar refractivity (Wildman–Crippen MR) is 59.7 cm³/mol. The van der Waals surface area contributed by atoms with E-state index in [-0.39, 0.29) is 5.41 Å². The lowest BCUT2D eigenvalue weighted by atomic mass is 9.84. The van der Waals surface area contributed by atoms with Gasteiger partial charge in [0, 0.05) is 5.39 Å². The maximum Gasteiger partial charge on any atom is 0.134 e. The number of benzene rings is 1. The van der Waals surface area contributed by atoms with Crippen LogP contribution in [0, 0.1) is 6.92 Å². The number of furan rings is 1. The minimum absolute atomic E-state index is 0.186. The fourth-order valence-corrected chi connectivity index (χ4v) is 1.93. The molecule has 2 aromatic rings. The van der Waals surface area contributed by atoms with Crippen molar-refractivity contribution in [1.82, 2.24) is 0 Å². The minimum atomic E-state index is 0.186. The smallest absolute Gasteiger partial charge is 0.134 e. The quantitative estimate of drug-likeness (QED) is 0.608. The molecule has 2 rings (SSSR count). The molecule has 0 aliphatic heterocycles. The number of hydrogen-bond acceptors (Lipinski definition) is 1. The van der Waals surface area contributed by atoms with Gasteiger partial charge in [-0.1, -0.05) is 20.8 Å². The molecule has 0 N–H and O–H groups in total. The maximum absolute atomic E-state index is 5.41. The second kappa shape index (κ2) is 2.88. The second-order valence-corrected chi connectivity index (χ2v) is 4.88. The fourth-order valence-electron chi connectivity index (χ4n) is 1.93. The summed E-state index contributed by atoms with van der Waals surface area (Å²) in [6, 6.07) is 6.36. The molecule has 0 amide bonds. The van der Waals surface area contributed by atoms with Gasteiger partial charge in [-0.3, -0.25) is 0 Å². The zero-order valence-electron chi connectivity index (χ0n) is 9.22. The molecular formula is C13H16O. The lowest BCUT2D eigenvalue weighted by Crippen LogP contribution is -2.12. The molecule has 1 aromatic heterocycles. The van der Waals surface area contributed by atoms with E-state index in [2.05, 4.69) is 39.8 Å². The third-order valence-corrected chi connectivity index (χ3v) is 2.61. The molecule has 0 aliphatic rings. The number of hydrogen-bond donors (Lipinski definition) is 0. The van der Waals surface area contributed by atoms with Crippen LogP contribution in [0.1, 0.15) is 31.9 Å². The summed E-state index contributed by atoms with van der Waals surface area (Å²) >= 11 is 0. The fraction of sp³-hybridized carbons (Fsp3) is 0.385. The van der Waals surface area contributed by atoms with E-state index < -0.39 is 0 Å². The zero-order valence-corrected chi connectivity index (χ0v) is 9.22. The Kier molecular flexibility index (Phi) is 1.91. The van der Waals surface area contributed by atoms with Gasteiger partial charge in [-0.25, -0.2) is 0 Å². The Balaban J connectivity index is 2.71. The van der Waals surface area contributed by atoms with Gasteiger partial charge >= 0.3 is 0 Å². The van der Waals surface area contributed by atoms with Crippen molar-refractivity contribution in [3.63, 3.8) is 0 Å². The van der Waals surface area contributed by atoms with Gasteiger partial charge in [-0.15, -0.1) is 0 Å². The Morgan fingerprint density at radius 1 is 1.14 bits per heavy atom. The summed E-state index contributed by atoms with van der Waals surface area (Å²) in [6.45, 7) is 8.84. The third-order valence-electron chi connectivity index (χ3n) is 2.61. The lowest BCUT2D eigenvalue weighted by molar-refractivity contribution is 0.579. The van der Waals surface area contributed by atoms with Gasteiger partial charge in [0.25, 0.3) is 0 Å². The monoisotopic (exact) mass is 188 g/mol.